The predicted molar refractivity (Wildman–Crippen MR) is 66.1 cm³/mol. The number of carbonyl (C=O) groups excluding carboxylic acids is 2. The van der Waals surface area contributed by atoms with E-state index in [-0.39, 0.29) is 24.3 Å². The Labute approximate surface area is 113 Å². The molecule has 1 rings (SSSR count). The van der Waals surface area contributed by atoms with E-state index >= 15 is 0 Å². The van der Waals surface area contributed by atoms with E-state index in [9.17, 15) is 22.8 Å². The van der Waals surface area contributed by atoms with Gasteiger partial charge in [0.2, 0.25) is 5.91 Å². The van der Waals surface area contributed by atoms with Crippen molar-refractivity contribution in [2.24, 2.45) is 0 Å². The van der Waals surface area contributed by atoms with Gasteiger partial charge in [-0.15, -0.1) is 0 Å². The summed E-state index contributed by atoms with van der Waals surface area (Å²) in [7, 11) is 0. The third-order valence-electron chi connectivity index (χ3n) is 2.39. The van der Waals surface area contributed by atoms with Crippen molar-refractivity contribution < 1.29 is 27.5 Å². The van der Waals surface area contributed by atoms with Crippen molar-refractivity contribution in [1.82, 2.24) is 0 Å². The second-order valence-corrected chi connectivity index (χ2v) is 4.03. The van der Waals surface area contributed by atoms with E-state index in [1.165, 1.54) is 6.92 Å². The quantitative estimate of drug-likeness (QED) is 0.867. The fourth-order valence-electron chi connectivity index (χ4n) is 1.58. The summed E-state index contributed by atoms with van der Waals surface area (Å²) in [4.78, 5) is 22.4. The van der Waals surface area contributed by atoms with E-state index in [1.807, 2.05) is 0 Å². The van der Waals surface area contributed by atoms with Crippen molar-refractivity contribution in [3.8, 4) is 0 Å². The molecule has 4 nitrogen and oxygen atoms in total. The standard InChI is InChI=1S/C13H14F3NO3/c1-3-20-12(19)6-9-4-5-10(13(14,15)16)7-11(9)17-8(2)18/h4-5,7H,3,6H2,1-2H3,(H,17,18). The molecule has 1 aromatic carbocycles. The molecule has 0 atom stereocenters. The number of benzene rings is 1. The second-order valence-electron chi connectivity index (χ2n) is 4.03. The smallest absolute Gasteiger partial charge is 0.416 e. The lowest BCUT2D eigenvalue weighted by Crippen LogP contribution is -2.14. The van der Waals surface area contributed by atoms with Gasteiger partial charge >= 0.3 is 12.1 Å². The summed E-state index contributed by atoms with van der Waals surface area (Å²) in [5, 5.41) is 2.29. The molecule has 0 aliphatic rings. The van der Waals surface area contributed by atoms with Gasteiger partial charge in [0.05, 0.1) is 18.6 Å². The molecule has 0 aliphatic heterocycles. The van der Waals surface area contributed by atoms with Crippen LogP contribution in [0.3, 0.4) is 0 Å². The third-order valence-corrected chi connectivity index (χ3v) is 2.39. The molecule has 0 fully saturated rings. The average molecular weight is 289 g/mol. The maximum absolute atomic E-state index is 12.6. The van der Waals surface area contributed by atoms with Gasteiger partial charge in [-0.3, -0.25) is 9.59 Å². The molecular formula is C13H14F3NO3. The van der Waals surface area contributed by atoms with Gasteiger partial charge in [-0.2, -0.15) is 13.2 Å². The Morgan fingerprint density at radius 1 is 1.30 bits per heavy atom. The van der Waals surface area contributed by atoms with E-state index in [0.29, 0.717) is 0 Å². The lowest BCUT2D eigenvalue weighted by molar-refractivity contribution is -0.142. The SMILES string of the molecule is CCOC(=O)Cc1ccc(C(F)(F)F)cc1NC(C)=O. The first-order chi connectivity index (χ1) is 9.24. The summed E-state index contributed by atoms with van der Waals surface area (Å²) in [5.74, 6) is -1.09. The van der Waals surface area contributed by atoms with Gasteiger partial charge in [0.1, 0.15) is 0 Å². The largest absolute Gasteiger partial charge is 0.466 e. The van der Waals surface area contributed by atoms with Gasteiger partial charge in [0.15, 0.2) is 0 Å². The summed E-state index contributed by atoms with van der Waals surface area (Å²) in [6, 6.07) is 2.82. The lowest BCUT2D eigenvalue weighted by atomic mass is 10.1. The highest BCUT2D eigenvalue weighted by Crippen LogP contribution is 2.32. The maximum Gasteiger partial charge on any atom is 0.416 e. The topological polar surface area (TPSA) is 55.4 Å². The van der Waals surface area contributed by atoms with Crippen LogP contribution in [0.4, 0.5) is 18.9 Å². The van der Waals surface area contributed by atoms with Crippen molar-refractivity contribution in [3.63, 3.8) is 0 Å². The van der Waals surface area contributed by atoms with E-state index in [1.54, 1.807) is 6.92 Å². The van der Waals surface area contributed by atoms with Crippen LogP contribution in [0, 0.1) is 0 Å². The summed E-state index contributed by atoms with van der Waals surface area (Å²) in [6.45, 7) is 2.97. The molecule has 0 saturated heterocycles. The number of ether oxygens (including phenoxy) is 1. The summed E-state index contributed by atoms with van der Waals surface area (Å²) in [6.07, 6.45) is -4.72. The Balaban J connectivity index is 3.10. The molecule has 0 aliphatic carbocycles. The zero-order chi connectivity index (χ0) is 15.3. The van der Waals surface area contributed by atoms with Crippen LogP contribution in [-0.2, 0) is 26.9 Å². The van der Waals surface area contributed by atoms with Gasteiger partial charge < -0.3 is 10.1 Å². The molecular weight excluding hydrogens is 275 g/mol. The molecule has 0 spiro atoms. The zero-order valence-electron chi connectivity index (χ0n) is 11.0. The number of amides is 1. The van der Waals surface area contributed by atoms with E-state index in [0.717, 1.165) is 18.2 Å². The molecule has 0 saturated carbocycles. The summed E-state index contributed by atoms with van der Waals surface area (Å²) in [5.41, 5.74) is -0.666. The highest BCUT2D eigenvalue weighted by Gasteiger charge is 2.31. The average Bonchev–Trinajstić information content (AvgIpc) is 2.29. The number of alkyl halides is 3. The lowest BCUT2D eigenvalue weighted by Gasteiger charge is -2.13. The van der Waals surface area contributed by atoms with Crippen LogP contribution in [0.15, 0.2) is 18.2 Å². The number of rotatable bonds is 4. The van der Waals surface area contributed by atoms with Crippen LogP contribution in [0.25, 0.3) is 0 Å². The Bertz CT molecular complexity index is 512. The first-order valence-electron chi connectivity index (χ1n) is 5.87. The summed E-state index contributed by atoms with van der Waals surface area (Å²) >= 11 is 0. The van der Waals surface area contributed by atoms with Gasteiger partial charge in [0, 0.05) is 12.6 Å². The Morgan fingerprint density at radius 3 is 2.45 bits per heavy atom. The number of hydrogen-bond acceptors (Lipinski definition) is 3. The molecule has 0 bridgehead atoms. The minimum Gasteiger partial charge on any atom is -0.466 e. The number of anilines is 1. The first kappa shape index (κ1) is 16.0. The number of carbonyl (C=O) groups is 2. The van der Waals surface area contributed by atoms with Crippen LogP contribution in [0.1, 0.15) is 25.0 Å². The van der Waals surface area contributed by atoms with Crippen LogP contribution in [0.5, 0.6) is 0 Å². The normalized spacial score (nSPS) is 11.1. The minimum atomic E-state index is -4.52. The number of halogens is 3. The number of nitrogens with one attached hydrogen (secondary N) is 1. The van der Waals surface area contributed by atoms with Gasteiger partial charge in [-0.1, -0.05) is 6.07 Å². The Hall–Kier alpha value is -2.05. The van der Waals surface area contributed by atoms with Crippen LogP contribution in [-0.4, -0.2) is 18.5 Å². The van der Waals surface area contributed by atoms with Crippen LogP contribution >= 0.6 is 0 Å². The minimum absolute atomic E-state index is 0.0413. The molecule has 1 N–H and O–H groups in total. The molecule has 0 heterocycles. The second kappa shape index (κ2) is 6.40. The Kier molecular flexibility index (Phi) is 5.12. The fourth-order valence-corrected chi connectivity index (χ4v) is 1.58. The highest BCUT2D eigenvalue weighted by atomic mass is 19.4. The molecule has 110 valence electrons. The van der Waals surface area contributed by atoms with Crippen molar-refractivity contribution >= 4 is 17.6 Å². The van der Waals surface area contributed by atoms with Crippen LogP contribution < -0.4 is 5.32 Å². The van der Waals surface area contributed by atoms with Crippen LogP contribution in [0.2, 0.25) is 0 Å². The van der Waals surface area contributed by atoms with Crippen molar-refractivity contribution in [1.29, 1.82) is 0 Å². The molecule has 0 radical (unpaired) electrons. The van der Waals surface area contributed by atoms with E-state index in [4.69, 9.17) is 4.74 Å². The third kappa shape index (κ3) is 4.56. The fraction of sp³-hybridized carbons (Fsp3) is 0.385. The number of hydrogen-bond donors (Lipinski definition) is 1. The predicted octanol–water partition coefficient (Wildman–Crippen LogP) is 2.77. The molecule has 0 unspecified atom stereocenters. The van der Waals surface area contributed by atoms with Crippen molar-refractivity contribution in [2.75, 3.05) is 11.9 Å². The van der Waals surface area contributed by atoms with E-state index < -0.39 is 23.6 Å². The summed E-state index contributed by atoms with van der Waals surface area (Å²) < 4.78 is 42.6. The van der Waals surface area contributed by atoms with Crippen molar-refractivity contribution in [3.05, 3.63) is 29.3 Å². The van der Waals surface area contributed by atoms with E-state index in [2.05, 4.69) is 5.32 Å². The molecule has 1 amide bonds. The molecule has 20 heavy (non-hydrogen) atoms. The molecule has 7 heteroatoms. The zero-order valence-corrected chi connectivity index (χ0v) is 11.0. The Morgan fingerprint density at radius 2 is 1.95 bits per heavy atom. The van der Waals surface area contributed by atoms with Gasteiger partial charge in [0.25, 0.3) is 0 Å². The maximum atomic E-state index is 12.6. The highest BCUT2D eigenvalue weighted by molar-refractivity contribution is 5.90. The monoisotopic (exact) mass is 289 g/mol. The van der Waals surface area contributed by atoms with Gasteiger partial charge in [-0.25, -0.2) is 0 Å². The van der Waals surface area contributed by atoms with Crippen molar-refractivity contribution in [2.45, 2.75) is 26.4 Å². The molecule has 0 aromatic heterocycles. The van der Waals surface area contributed by atoms with Gasteiger partial charge in [-0.05, 0) is 24.6 Å². The number of esters is 1. The molecule has 1 aromatic rings. The first-order valence-corrected chi connectivity index (χ1v) is 5.87.